The van der Waals surface area contributed by atoms with Gasteiger partial charge in [-0.3, -0.25) is 4.79 Å². The van der Waals surface area contributed by atoms with Gasteiger partial charge in [-0.1, -0.05) is 0 Å². The van der Waals surface area contributed by atoms with E-state index < -0.39 is 0 Å². The molecule has 0 amide bonds. The van der Waals surface area contributed by atoms with Crippen LogP contribution in [0.15, 0.2) is 24.3 Å². The van der Waals surface area contributed by atoms with Crippen molar-refractivity contribution in [3.63, 3.8) is 0 Å². The number of carbonyl (C=O) groups is 1. The van der Waals surface area contributed by atoms with Gasteiger partial charge in [0.15, 0.2) is 6.29 Å². The second-order valence-electron chi connectivity index (χ2n) is 3.55. The van der Waals surface area contributed by atoms with Crippen molar-refractivity contribution in [2.24, 2.45) is 0 Å². The monoisotopic (exact) mass is 234 g/mol. The van der Waals surface area contributed by atoms with Crippen molar-refractivity contribution in [3.8, 4) is 16.2 Å². The van der Waals surface area contributed by atoms with Gasteiger partial charge in [0, 0.05) is 16.0 Å². The van der Waals surface area contributed by atoms with E-state index in [1.54, 1.807) is 12.1 Å². The van der Waals surface area contributed by atoms with Gasteiger partial charge in [0.25, 0.3) is 0 Å². The number of rotatable bonds is 1. The molecule has 1 aliphatic heterocycles. The first kappa shape index (κ1) is 9.54. The van der Waals surface area contributed by atoms with Crippen LogP contribution in [0.3, 0.4) is 0 Å². The van der Waals surface area contributed by atoms with Gasteiger partial charge in [0.2, 0.25) is 0 Å². The molecule has 0 atom stereocenters. The molecule has 0 fully saturated rings. The van der Waals surface area contributed by atoms with E-state index in [0.29, 0.717) is 17.2 Å². The summed E-state index contributed by atoms with van der Waals surface area (Å²) in [6.07, 6.45) is 0.807. The highest BCUT2D eigenvalue weighted by Gasteiger charge is 2.20. The lowest BCUT2D eigenvalue weighted by Crippen LogP contribution is -2.02. The maximum absolute atomic E-state index is 13.2. The Morgan fingerprint density at radius 2 is 2.25 bits per heavy atom. The average molecular weight is 234 g/mol. The highest BCUT2D eigenvalue weighted by molar-refractivity contribution is 7.17. The zero-order valence-electron chi connectivity index (χ0n) is 8.20. The molecule has 4 heteroatoms. The molecule has 1 aromatic carbocycles. The van der Waals surface area contributed by atoms with Crippen LogP contribution in [-0.2, 0) is 6.61 Å². The maximum atomic E-state index is 13.2. The Balaban J connectivity index is 2.24. The Kier molecular flexibility index (Phi) is 2.04. The zero-order chi connectivity index (χ0) is 11.1. The van der Waals surface area contributed by atoms with Crippen molar-refractivity contribution in [3.05, 3.63) is 40.5 Å². The largest absolute Gasteiger partial charge is 0.488 e. The predicted octanol–water partition coefficient (Wildman–Crippen LogP) is 3.26. The van der Waals surface area contributed by atoms with E-state index in [1.165, 1.54) is 23.5 Å². The predicted molar refractivity (Wildman–Crippen MR) is 59.4 cm³/mol. The highest BCUT2D eigenvalue weighted by atomic mass is 32.1. The van der Waals surface area contributed by atoms with Gasteiger partial charge in [0.1, 0.15) is 18.2 Å². The first-order valence-corrected chi connectivity index (χ1v) is 5.60. The summed E-state index contributed by atoms with van der Waals surface area (Å²) in [6.45, 7) is 0.443. The third kappa shape index (κ3) is 1.34. The summed E-state index contributed by atoms with van der Waals surface area (Å²) in [7, 11) is 0. The number of hydrogen-bond acceptors (Lipinski definition) is 3. The van der Waals surface area contributed by atoms with E-state index in [1.807, 2.05) is 0 Å². The topological polar surface area (TPSA) is 26.3 Å². The van der Waals surface area contributed by atoms with Gasteiger partial charge >= 0.3 is 0 Å². The molecular weight excluding hydrogens is 227 g/mol. The van der Waals surface area contributed by atoms with Crippen molar-refractivity contribution in [1.82, 2.24) is 0 Å². The summed E-state index contributed by atoms with van der Waals surface area (Å²) < 4.78 is 18.6. The van der Waals surface area contributed by atoms with E-state index in [0.717, 1.165) is 22.3 Å². The van der Waals surface area contributed by atoms with Gasteiger partial charge in [-0.15, -0.1) is 11.3 Å². The molecule has 1 aromatic heterocycles. The first-order valence-electron chi connectivity index (χ1n) is 4.78. The van der Waals surface area contributed by atoms with E-state index in [2.05, 4.69) is 0 Å². The van der Waals surface area contributed by atoms with Gasteiger partial charge in [-0.25, -0.2) is 4.39 Å². The van der Waals surface area contributed by atoms with E-state index in [-0.39, 0.29) is 5.82 Å². The molecule has 0 bridgehead atoms. The van der Waals surface area contributed by atoms with Crippen molar-refractivity contribution in [2.45, 2.75) is 6.61 Å². The average Bonchev–Trinajstić information content (AvgIpc) is 2.72. The van der Waals surface area contributed by atoms with Crippen LogP contribution in [-0.4, -0.2) is 6.29 Å². The third-order valence-corrected chi connectivity index (χ3v) is 3.65. The van der Waals surface area contributed by atoms with Crippen LogP contribution in [0.5, 0.6) is 5.75 Å². The van der Waals surface area contributed by atoms with Gasteiger partial charge in [0.05, 0.1) is 4.88 Å². The fourth-order valence-electron chi connectivity index (χ4n) is 1.80. The number of halogens is 1. The summed E-state index contributed by atoms with van der Waals surface area (Å²) >= 11 is 1.37. The molecule has 0 unspecified atom stereocenters. The number of carbonyl (C=O) groups excluding carboxylic acids is 1. The Hall–Kier alpha value is -1.68. The summed E-state index contributed by atoms with van der Waals surface area (Å²) in [5.74, 6) is 0.379. The highest BCUT2D eigenvalue weighted by Crippen LogP contribution is 2.42. The first-order chi connectivity index (χ1) is 7.78. The number of hydrogen-bond donors (Lipinski definition) is 0. The van der Waals surface area contributed by atoms with E-state index in [4.69, 9.17) is 4.74 Å². The molecule has 1 aliphatic rings. The summed E-state index contributed by atoms with van der Waals surface area (Å²) in [5, 5.41) is 0. The summed E-state index contributed by atoms with van der Waals surface area (Å²) in [6, 6.07) is 6.23. The molecule has 2 nitrogen and oxygen atoms in total. The number of thiophene rings is 1. The molecule has 0 saturated carbocycles. The van der Waals surface area contributed by atoms with E-state index >= 15 is 0 Å². The molecule has 2 heterocycles. The van der Waals surface area contributed by atoms with Crippen LogP contribution in [0.2, 0.25) is 0 Å². The molecule has 0 aliphatic carbocycles. The van der Waals surface area contributed by atoms with Gasteiger partial charge < -0.3 is 4.74 Å². The number of fused-ring (bicyclic) bond motifs is 3. The second-order valence-corrected chi connectivity index (χ2v) is 4.63. The van der Waals surface area contributed by atoms with Crippen molar-refractivity contribution < 1.29 is 13.9 Å². The standard InChI is InChI=1S/C12H7FO2S/c13-8-1-2-11-10(4-8)12-7(6-15-11)3-9(5-14)16-12/h1-5H,6H2. The Labute approximate surface area is 95.3 Å². The van der Waals surface area contributed by atoms with Gasteiger partial charge in [-0.2, -0.15) is 0 Å². The van der Waals surface area contributed by atoms with Crippen LogP contribution in [0.25, 0.3) is 10.4 Å². The van der Waals surface area contributed by atoms with Crippen LogP contribution in [0.4, 0.5) is 4.39 Å². The molecule has 0 spiro atoms. The second kappa shape index (κ2) is 3.42. The van der Waals surface area contributed by atoms with Gasteiger partial charge in [-0.05, 0) is 24.3 Å². The lowest BCUT2D eigenvalue weighted by molar-refractivity contribution is 0.112. The Morgan fingerprint density at radius 1 is 1.38 bits per heavy atom. The Morgan fingerprint density at radius 3 is 3.06 bits per heavy atom. The molecule has 3 rings (SSSR count). The quantitative estimate of drug-likeness (QED) is 0.708. The maximum Gasteiger partial charge on any atom is 0.160 e. The molecule has 16 heavy (non-hydrogen) atoms. The molecule has 80 valence electrons. The van der Waals surface area contributed by atoms with Crippen LogP contribution >= 0.6 is 11.3 Å². The van der Waals surface area contributed by atoms with Crippen molar-refractivity contribution in [1.29, 1.82) is 0 Å². The lowest BCUT2D eigenvalue weighted by Gasteiger charge is -2.17. The minimum absolute atomic E-state index is 0.295. The number of benzene rings is 1. The molecule has 0 N–H and O–H groups in total. The molecule has 0 saturated heterocycles. The van der Waals surface area contributed by atoms with Crippen LogP contribution in [0.1, 0.15) is 15.2 Å². The minimum Gasteiger partial charge on any atom is -0.488 e. The number of aldehydes is 1. The molecular formula is C12H7FO2S. The fourth-order valence-corrected chi connectivity index (χ4v) is 2.81. The van der Waals surface area contributed by atoms with Crippen molar-refractivity contribution >= 4 is 17.6 Å². The summed E-state index contributed by atoms with van der Waals surface area (Å²) in [4.78, 5) is 12.3. The molecule has 0 radical (unpaired) electrons. The van der Waals surface area contributed by atoms with Crippen molar-refractivity contribution in [2.75, 3.05) is 0 Å². The third-order valence-electron chi connectivity index (χ3n) is 2.51. The minimum atomic E-state index is -0.295. The zero-order valence-corrected chi connectivity index (χ0v) is 9.01. The van der Waals surface area contributed by atoms with Crippen LogP contribution < -0.4 is 4.74 Å². The molecule has 2 aromatic rings. The number of ether oxygens (including phenoxy) is 1. The normalized spacial score (nSPS) is 12.6. The smallest absolute Gasteiger partial charge is 0.160 e. The lowest BCUT2D eigenvalue weighted by atomic mass is 10.1. The SMILES string of the molecule is O=Cc1cc2c(s1)-c1cc(F)ccc1OC2. The van der Waals surface area contributed by atoms with Crippen LogP contribution in [0, 0.1) is 5.82 Å². The fraction of sp³-hybridized carbons (Fsp3) is 0.0833. The van der Waals surface area contributed by atoms with E-state index in [9.17, 15) is 9.18 Å². The summed E-state index contributed by atoms with van der Waals surface area (Å²) in [5.41, 5.74) is 1.68. The Bertz CT molecular complexity index is 574.